The van der Waals surface area contributed by atoms with Crippen molar-refractivity contribution in [1.82, 2.24) is 20.0 Å². The van der Waals surface area contributed by atoms with Gasteiger partial charge in [-0.3, -0.25) is 4.99 Å². The van der Waals surface area contributed by atoms with Crippen LogP contribution in [0.4, 0.5) is 0 Å². The highest BCUT2D eigenvalue weighted by Crippen LogP contribution is 2.45. The third-order valence-corrected chi connectivity index (χ3v) is 6.02. The molecule has 1 saturated carbocycles. The summed E-state index contributed by atoms with van der Waals surface area (Å²) >= 11 is 0. The van der Waals surface area contributed by atoms with Crippen molar-refractivity contribution < 1.29 is 4.74 Å². The number of benzene rings is 1. The first-order valence-corrected chi connectivity index (χ1v) is 9.86. The van der Waals surface area contributed by atoms with E-state index in [2.05, 4.69) is 20.3 Å². The summed E-state index contributed by atoms with van der Waals surface area (Å²) in [6, 6.07) is 9.96. The average molecular weight is 495 g/mol. The SMILES string of the molecule is CN=C(NCc1ccn(-c2ccc(OC)cc2)n1)N1CCC2(CCCC2)C1.I. The fourth-order valence-electron chi connectivity index (χ4n) is 4.49. The van der Waals surface area contributed by atoms with E-state index in [4.69, 9.17) is 4.74 Å². The Labute approximate surface area is 184 Å². The largest absolute Gasteiger partial charge is 0.497 e. The summed E-state index contributed by atoms with van der Waals surface area (Å²) in [6.07, 6.45) is 8.84. The number of hydrogen-bond acceptors (Lipinski definition) is 3. The Balaban J connectivity index is 0.00000225. The topological polar surface area (TPSA) is 54.7 Å². The molecule has 0 radical (unpaired) electrons. The Hall–Kier alpha value is -1.77. The zero-order valence-electron chi connectivity index (χ0n) is 16.7. The highest BCUT2D eigenvalue weighted by atomic mass is 127. The Bertz CT molecular complexity index is 795. The minimum atomic E-state index is 0. The summed E-state index contributed by atoms with van der Waals surface area (Å²) in [7, 11) is 3.55. The predicted octanol–water partition coefficient (Wildman–Crippen LogP) is 3.84. The first kappa shape index (κ1) is 21.0. The normalized spacial score (nSPS) is 18.4. The summed E-state index contributed by atoms with van der Waals surface area (Å²) in [5.74, 6) is 1.85. The number of likely N-dealkylation sites (tertiary alicyclic amines) is 1. The fraction of sp³-hybridized carbons (Fsp3) is 0.524. The second-order valence-electron chi connectivity index (χ2n) is 7.73. The number of halogens is 1. The van der Waals surface area contributed by atoms with Gasteiger partial charge in [-0.1, -0.05) is 12.8 Å². The Morgan fingerprint density at radius 2 is 1.93 bits per heavy atom. The van der Waals surface area contributed by atoms with Gasteiger partial charge in [0.2, 0.25) is 0 Å². The van der Waals surface area contributed by atoms with E-state index in [-0.39, 0.29) is 24.0 Å². The molecule has 0 amide bonds. The first-order chi connectivity index (χ1) is 13.2. The van der Waals surface area contributed by atoms with Gasteiger partial charge < -0.3 is 15.0 Å². The van der Waals surface area contributed by atoms with Gasteiger partial charge in [-0.05, 0) is 55.0 Å². The maximum absolute atomic E-state index is 5.21. The molecule has 0 bridgehead atoms. The van der Waals surface area contributed by atoms with Crippen LogP contribution in [0.3, 0.4) is 0 Å². The third kappa shape index (κ3) is 4.45. The molecule has 28 heavy (non-hydrogen) atoms. The highest BCUT2D eigenvalue weighted by Gasteiger charge is 2.41. The van der Waals surface area contributed by atoms with E-state index in [9.17, 15) is 0 Å². The number of nitrogens with one attached hydrogen (secondary N) is 1. The van der Waals surface area contributed by atoms with Gasteiger partial charge in [0.05, 0.1) is 25.0 Å². The summed E-state index contributed by atoms with van der Waals surface area (Å²) in [4.78, 5) is 6.93. The molecule has 2 aliphatic rings. The molecule has 7 heteroatoms. The van der Waals surface area contributed by atoms with Crippen LogP contribution in [0.1, 0.15) is 37.8 Å². The van der Waals surface area contributed by atoms with E-state index in [1.54, 1.807) is 7.11 Å². The second-order valence-corrected chi connectivity index (χ2v) is 7.73. The predicted molar refractivity (Wildman–Crippen MR) is 123 cm³/mol. The number of nitrogens with zero attached hydrogens (tertiary/aromatic N) is 4. The van der Waals surface area contributed by atoms with Crippen LogP contribution in [0, 0.1) is 5.41 Å². The number of guanidine groups is 1. The maximum Gasteiger partial charge on any atom is 0.193 e. The van der Waals surface area contributed by atoms with Crippen LogP contribution in [0.2, 0.25) is 0 Å². The lowest BCUT2D eigenvalue weighted by molar-refractivity contribution is 0.309. The molecule has 1 saturated heterocycles. The molecule has 0 atom stereocenters. The minimum Gasteiger partial charge on any atom is -0.497 e. The molecular formula is C21H30IN5O. The second kappa shape index (κ2) is 9.15. The number of hydrogen-bond donors (Lipinski definition) is 1. The summed E-state index contributed by atoms with van der Waals surface area (Å²) in [5.41, 5.74) is 2.57. The summed E-state index contributed by atoms with van der Waals surface area (Å²) in [6.45, 7) is 2.94. The quantitative estimate of drug-likeness (QED) is 0.398. The van der Waals surface area contributed by atoms with Gasteiger partial charge in [0.15, 0.2) is 5.96 Å². The number of aromatic nitrogens is 2. The molecule has 1 spiro atoms. The van der Waals surface area contributed by atoms with Crippen LogP contribution in [-0.2, 0) is 6.54 Å². The monoisotopic (exact) mass is 495 g/mol. The van der Waals surface area contributed by atoms with Crippen LogP contribution in [-0.4, -0.2) is 47.9 Å². The standard InChI is InChI=1S/C21H29N5O.HI/c1-22-20(25-14-12-21(16-25)10-3-4-11-21)23-15-17-9-13-26(24-17)18-5-7-19(27-2)8-6-18;/h5-9,13H,3-4,10-12,14-16H2,1-2H3,(H,22,23);1H. The number of aliphatic imine (C=N–C) groups is 1. The lowest BCUT2D eigenvalue weighted by atomic mass is 9.86. The van der Waals surface area contributed by atoms with Crippen molar-refractivity contribution in [3.63, 3.8) is 0 Å². The molecule has 0 unspecified atom stereocenters. The van der Waals surface area contributed by atoms with E-state index in [1.807, 2.05) is 48.3 Å². The lowest BCUT2D eigenvalue weighted by Gasteiger charge is -2.25. The van der Waals surface area contributed by atoms with Gasteiger partial charge in [-0.15, -0.1) is 24.0 Å². The zero-order valence-corrected chi connectivity index (χ0v) is 19.1. The number of rotatable bonds is 4. The van der Waals surface area contributed by atoms with Gasteiger partial charge in [0, 0.05) is 26.3 Å². The van der Waals surface area contributed by atoms with Crippen LogP contribution in [0.25, 0.3) is 5.69 Å². The molecule has 1 aliphatic heterocycles. The fourth-order valence-corrected chi connectivity index (χ4v) is 4.49. The Kier molecular flexibility index (Phi) is 6.85. The molecule has 2 fully saturated rings. The van der Waals surface area contributed by atoms with Crippen LogP contribution in [0.5, 0.6) is 5.75 Å². The van der Waals surface area contributed by atoms with Gasteiger partial charge >= 0.3 is 0 Å². The Morgan fingerprint density at radius 3 is 2.61 bits per heavy atom. The smallest absolute Gasteiger partial charge is 0.193 e. The van der Waals surface area contributed by atoms with Gasteiger partial charge in [-0.2, -0.15) is 5.10 Å². The van der Waals surface area contributed by atoms with Crippen molar-refractivity contribution in [2.75, 3.05) is 27.2 Å². The minimum absolute atomic E-state index is 0. The number of methoxy groups -OCH3 is 1. The van der Waals surface area contributed by atoms with Gasteiger partial charge in [0.25, 0.3) is 0 Å². The zero-order chi connectivity index (χ0) is 18.7. The highest BCUT2D eigenvalue weighted by molar-refractivity contribution is 14.0. The molecule has 2 aromatic rings. The van der Waals surface area contributed by atoms with Crippen LogP contribution < -0.4 is 10.1 Å². The van der Waals surface area contributed by atoms with Crippen molar-refractivity contribution in [2.24, 2.45) is 10.4 Å². The third-order valence-electron chi connectivity index (χ3n) is 6.02. The van der Waals surface area contributed by atoms with E-state index < -0.39 is 0 Å². The lowest BCUT2D eigenvalue weighted by Crippen LogP contribution is -2.40. The van der Waals surface area contributed by atoms with Crippen molar-refractivity contribution >= 4 is 29.9 Å². The molecule has 6 nitrogen and oxygen atoms in total. The molecule has 1 aliphatic carbocycles. The van der Waals surface area contributed by atoms with E-state index in [0.717, 1.165) is 36.2 Å². The molecule has 4 rings (SSSR count). The van der Waals surface area contributed by atoms with Crippen molar-refractivity contribution in [1.29, 1.82) is 0 Å². The van der Waals surface area contributed by atoms with E-state index in [1.165, 1.54) is 32.1 Å². The molecule has 1 N–H and O–H groups in total. The molecular weight excluding hydrogens is 465 g/mol. The molecule has 1 aromatic heterocycles. The van der Waals surface area contributed by atoms with Gasteiger partial charge in [-0.25, -0.2) is 4.68 Å². The molecule has 2 heterocycles. The summed E-state index contributed by atoms with van der Waals surface area (Å²) < 4.78 is 7.10. The molecule has 1 aromatic carbocycles. The Morgan fingerprint density at radius 1 is 1.18 bits per heavy atom. The van der Waals surface area contributed by atoms with E-state index >= 15 is 0 Å². The maximum atomic E-state index is 5.21. The van der Waals surface area contributed by atoms with Gasteiger partial charge in [0.1, 0.15) is 5.75 Å². The molecule has 152 valence electrons. The number of ether oxygens (including phenoxy) is 1. The van der Waals surface area contributed by atoms with Crippen LogP contribution in [0.15, 0.2) is 41.5 Å². The van der Waals surface area contributed by atoms with Crippen molar-refractivity contribution in [3.8, 4) is 11.4 Å². The summed E-state index contributed by atoms with van der Waals surface area (Å²) in [5, 5.41) is 8.18. The van der Waals surface area contributed by atoms with Crippen molar-refractivity contribution in [3.05, 3.63) is 42.2 Å². The first-order valence-electron chi connectivity index (χ1n) is 9.86. The van der Waals surface area contributed by atoms with Crippen molar-refractivity contribution in [2.45, 2.75) is 38.6 Å². The average Bonchev–Trinajstić information content (AvgIpc) is 3.45. The van der Waals surface area contributed by atoms with Crippen LogP contribution >= 0.6 is 24.0 Å². The van der Waals surface area contributed by atoms with E-state index in [0.29, 0.717) is 12.0 Å².